The highest BCUT2D eigenvalue weighted by molar-refractivity contribution is 7.96. The molecule has 1 saturated heterocycles. The summed E-state index contributed by atoms with van der Waals surface area (Å²) < 4.78 is 26.5. The third kappa shape index (κ3) is 3.55. The topological polar surface area (TPSA) is 57.7 Å². The lowest BCUT2D eigenvalue weighted by Crippen LogP contribution is -2.35. The maximum atomic E-state index is 13.2. The van der Waals surface area contributed by atoms with Gasteiger partial charge in [-0.1, -0.05) is 37.6 Å². The van der Waals surface area contributed by atoms with Crippen LogP contribution in [0.3, 0.4) is 0 Å². The maximum absolute atomic E-state index is 13.2. The van der Waals surface area contributed by atoms with Gasteiger partial charge in [-0.3, -0.25) is 4.79 Å². The molecule has 29 heavy (non-hydrogen) atoms. The molecule has 0 N–H and O–H groups in total. The minimum absolute atomic E-state index is 0.0971. The van der Waals surface area contributed by atoms with Crippen molar-refractivity contribution in [2.45, 2.75) is 37.5 Å². The number of anilines is 2. The van der Waals surface area contributed by atoms with Crippen LogP contribution in [0.2, 0.25) is 5.02 Å². The molecule has 0 unspecified atom stereocenters. The van der Waals surface area contributed by atoms with Crippen molar-refractivity contribution in [3.8, 4) is 0 Å². The molecule has 4 rings (SSSR count). The summed E-state index contributed by atoms with van der Waals surface area (Å²) in [4.78, 5) is 16.3. The van der Waals surface area contributed by atoms with Crippen molar-refractivity contribution < 1.29 is 13.2 Å². The van der Waals surface area contributed by atoms with Crippen LogP contribution in [0.4, 0.5) is 11.4 Å². The SMILES string of the molecule is CC(C)c1ccc(N2C=C(C(=O)N3CCCC3)S(=O)(=O)c3ccc(Cl)cc32)cc1. The zero-order valence-corrected chi connectivity index (χ0v) is 18.0. The van der Waals surface area contributed by atoms with E-state index >= 15 is 0 Å². The van der Waals surface area contributed by atoms with Gasteiger partial charge in [0, 0.05) is 30.0 Å². The second-order valence-corrected chi connectivity index (χ2v) is 10.0. The third-order valence-corrected chi connectivity index (χ3v) is 7.47. The summed E-state index contributed by atoms with van der Waals surface area (Å²) in [5, 5.41) is 0.436. The molecule has 0 spiro atoms. The number of hydrogen-bond donors (Lipinski definition) is 0. The molecule has 1 fully saturated rings. The van der Waals surface area contributed by atoms with Gasteiger partial charge in [0.25, 0.3) is 5.91 Å². The number of fused-ring (bicyclic) bond motifs is 1. The molecule has 0 aliphatic carbocycles. The molecule has 0 radical (unpaired) electrons. The molecule has 0 atom stereocenters. The van der Waals surface area contributed by atoms with E-state index in [9.17, 15) is 13.2 Å². The summed E-state index contributed by atoms with van der Waals surface area (Å²) in [7, 11) is -3.93. The maximum Gasteiger partial charge on any atom is 0.267 e. The molecule has 2 aromatic rings. The number of nitrogens with zero attached hydrogens (tertiary/aromatic N) is 2. The summed E-state index contributed by atoms with van der Waals surface area (Å²) in [6.45, 7) is 5.40. The molecule has 2 heterocycles. The van der Waals surface area contributed by atoms with E-state index in [2.05, 4.69) is 13.8 Å². The fraction of sp³-hybridized carbons (Fsp3) is 0.318. The molecule has 152 valence electrons. The number of carbonyl (C=O) groups is 1. The summed E-state index contributed by atoms with van der Waals surface area (Å²) in [5.74, 6) is -0.0535. The number of carbonyl (C=O) groups excluding carboxylic acids is 1. The highest BCUT2D eigenvalue weighted by atomic mass is 35.5. The van der Waals surface area contributed by atoms with Crippen LogP contribution in [-0.2, 0) is 14.6 Å². The van der Waals surface area contributed by atoms with Gasteiger partial charge in [-0.25, -0.2) is 8.42 Å². The Morgan fingerprint density at radius 1 is 1.03 bits per heavy atom. The molecule has 5 nitrogen and oxygen atoms in total. The van der Waals surface area contributed by atoms with E-state index in [4.69, 9.17) is 11.6 Å². The first kappa shape index (κ1) is 20.0. The Balaban J connectivity index is 1.86. The normalized spacial score (nSPS) is 18.0. The molecule has 0 aromatic heterocycles. The van der Waals surface area contributed by atoms with Crippen molar-refractivity contribution in [2.75, 3.05) is 18.0 Å². The van der Waals surface area contributed by atoms with E-state index in [1.807, 2.05) is 24.3 Å². The van der Waals surface area contributed by atoms with Gasteiger partial charge in [-0.05, 0) is 54.7 Å². The largest absolute Gasteiger partial charge is 0.338 e. The quantitative estimate of drug-likeness (QED) is 0.698. The van der Waals surface area contributed by atoms with Gasteiger partial charge in [0.1, 0.15) is 0 Å². The fourth-order valence-electron chi connectivity index (χ4n) is 3.76. The number of halogens is 1. The predicted octanol–water partition coefficient (Wildman–Crippen LogP) is 4.85. The number of likely N-dealkylation sites (tertiary alicyclic amines) is 1. The standard InChI is InChI=1S/C22H23ClN2O3S/c1-15(2)16-5-8-18(9-6-16)25-14-21(22(26)24-11-3-4-12-24)29(27,28)20-10-7-17(23)13-19(20)25/h5-10,13-15H,3-4,11-12H2,1-2H3. The molecule has 7 heteroatoms. The zero-order chi connectivity index (χ0) is 20.8. The first-order valence-electron chi connectivity index (χ1n) is 9.74. The van der Waals surface area contributed by atoms with Gasteiger partial charge in [0.05, 0.1) is 10.6 Å². The second kappa shape index (κ2) is 7.50. The molecule has 2 aromatic carbocycles. The molecular weight excluding hydrogens is 408 g/mol. The van der Waals surface area contributed by atoms with Crippen LogP contribution in [0.25, 0.3) is 0 Å². The van der Waals surface area contributed by atoms with Crippen LogP contribution in [0, 0.1) is 0 Å². The Hall–Kier alpha value is -2.31. The molecule has 2 aliphatic rings. The van der Waals surface area contributed by atoms with Crippen LogP contribution in [0.5, 0.6) is 0 Å². The number of benzene rings is 2. The Morgan fingerprint density at radius 3 is 2.31 bits per heavy atom. The van der Waals surface area contributed by atoms with Gasteiger partial charge in [-0.15, -0.1) is 0 Å². The fourth-order valence-corrected chi connectivity index (χ4v) is 5.45. The van der Waals surface area contributed by atoms with Crippen molar-refractivity contribution in [3.05, 3.63) is 64.2 Å². The van der Waals surface area contributed by atoms with Crippen LogP contribution in [-0.4, -0.2) is 32.3 Å². The lowest BCUT2D eigenvalue weighted by atomic mass is 10.0. The highest BCUT2D eigenvalue weighted by Gasteiger charge is 2.38. The van der Waals surface area contributed by atoms with Crippen molar-refractivity contribution in [3.63, 3.8) is 0 Å². The van der Waals surface area contributed by atoms with Crippen molar-refractivity contribution in [2.24, 2.45) is 0 Å². The average molecular weight is 431 g/mol. The molecule has 0 saturated carbocycles. The minimum Gasteiger partial charge on any atom is -0.338 e. The van der Waals surface area contributed by atoms with Crippen LogP contribution in [0.1, 0.15) is 38.2 Å². The molecular formula is C22H23ClN2O3S. The number of amides is 1. The number of hydrogen-bond acceptors (Lipinski definition) is 4. The van der Waals surface area contributed by atoms with Crippen LogP contribution < -0.4 is 4.90 Å². The van der Waals surface area contributed by atoms with Crippen molar-refractivity contribution >= 4 is 38.7 Å². The minimum atomic E-state index is -3.93. The van der Waals surface area contributed by atoms with Gasteiger partial charge in [0.15, 0.2) is 4.91 Å². The smallest absolute Gasteiger partial charge is 0.267 e. The first-order valence-corrected chi connectivity index (χ1v) is 11.6. The van der Waals surface area contributed by atoms with Crippen LogP contribution in [0.15, 0.2) is 58.5 Å². The van der Waals surface area contributed by atoms with E-state index in [1.54, 1.807) is 21.9 Å². The Bertz CT molecular complexity index is 1090. The molecule has 2 aliphatic heterocycles. The van der Waals surface area contributed by atoms with Gasteiger partial charge >= 0.3 is 0 Å². The lowest BCUT2D eigenvalue weighted by Gasteiger charge is -2.30. The van der Waals surface area contributed by atoms with Crippen molar-refractivity contribution in [1.29, 1.82) is 0 Å². The van der Waals surface area contributed by atoms with E-state index < -0.39 is 15.7 Å². The van der Waals surface area contributed by atoms with Gasteiger partial charge < -0.3 is 9.80 Å². The first-order chi connectivity index (χ1) is 13.8. The number of sulfone groups is 1. The lowest BCUT2D eigenvalue weighted by molar-refractivity contribution is -0.125. The Labute approximate surface area is 176 Å². The highest BCUT2D eigenvalue weighted by Crippen LogP contribution is 2.41. The van der Waals surface area contributed by atoms with Crippen LogP contribution >= 0.6 is 11.6 Å². The number of rotatable bonds is 3. The summed E-state index contributed by atoms with van der Waals surface area (Å²) in [5.41, 5.74) is 2.41. The summed E-state index contributed by atoms with van der Waals surface area (Å²) in [6.07, 6.45) is 3.23. The average Bonchev–Trinajstić information content (AvgIpc) is 3.22. The Morgan fingerprint density at radius 2 is 1.69 bits per heavy atom. The molecule has 0 bridgehead atoms. The summed E-state index contributed by atoms with van der Waals surface area (Å²) in [6, 6.07) is 12.6. The van der Waals surface area contributed by atoms with E-state index in [1.165, 1.54) is 17.8 Å². The van der Waals surface area contributed by atoms with E-state index in [0.717, 1.165) is 18.5 Å². The van der Waals surface area contributed by atoms with Crippen molar-refractivity contribution in [1.82, 2.24) is 4.90 Å². The molecule has 1 amide bonds. The van der Waals surface area contributed by atoms with E-state index in [0.29, 0.717) is 29.7 Å². The summed E-state index contributed by atoms with van der Waals surface area (Å²) >= 11 is 6.17. The van der Waals surface area contributed by atoms with E-state index in [-0.39, 0.29) is 9.80 Å². The zero-order valence-electron chi connectivity index (χ0n) is 16.4. The second-order valence-electron chi connectivity index (χ2n) is 7.72. The monoisotopic (exact) mass is 430 g/mol. The Kier molecular flexibility index (Phi) is 5.17. The van der Waals surface area contributed by atoms with Gasteiger partial charge in [0.2, 0.25) is 9.84 Å². The third-order valence-electron chi connectivity index (χ3n) is 5.45. The predicted molar refractivity (Wildman–Crippen MR) is 115 cm³/mol. The van der Waals surface area contributed by atoms with Gasteiger partial charge in [-0.2, -0.15) is 0 Å².